The molecule has 78 valence electrons. The molecule has 14 heavy (non-hydrogen) atoms. The molecule has 1 nitrogen and oxygen atoms in total. The molecule has 0 saturated carbocycles. The lowest BCUT2D eigenvalue weighted by molar-refractivity contribution is 0.456. The van der Waals surface area contributed by atoms with Gasteiger partial charge in [-0.25, -0.2) is 4.39 Å². The predicted octanol–water partition coefficient (Wildman–Crippen LogP) is 3.53. The van der Waals surface area contributed by atoms with Gasteiger partial charge in [-0.15, -0.1) is 0 Å². The van der Waals surface area contributed by atoms with Crippen molar-refractivity contribution >= 4 is 11.6 Å². The van der Waals surface area contributed by atoms with Crippen LogP contribution in [-0.2, 0) is 0 Å². The van der Waals surface area contributed by atoms with Gasteiger partial charge in [0.1, 0.15) is 5.82 Å². The van der Waals surface area contributed by atoms with Crippen molar-refractivity contribution in [2.24, 2.45) is 11.7 Å². The fourth-order valence-corrected chi connectivity index (χ4v) is 1.49. The number of nitrogens with two attached hydrogens (primary N) is 1. The molecule has 0 bridgehead atoms. The summed E-state index contributed by atoms with van der Waals surface area (Å²) >= 11 is 5.68. The molecule has 2 N–H and O–H groups in total. The first-order valence-corrected chi connectivity index (χ1v) is 5.14. The molecule has 0 fully saturated rings. The van der Waals surface area contributed by atoms with Crippen LogP contribution in [0, 0.1) is 11.7 Å². The van der Waals surface area contributed by atoms with Crippen LogP contribution in [0.2, 0.25) is 5.02 Å². The van der Waals surface area contributed by atoms with E-state index in [2.05, 4.69) is 13.8 Å². The predicted molar refractivity (Wildman–Crippen MR) is 57.8 cm³/mol. The van der Waals surface area contributed by atoms with Gasteiger partial charge in [-0.2, -0.15) is 0 Å². The Morgan fingerprint density at radius 2 is 2.14 bits per heavy atom. The summed E-state index contributed by atoms with van der Waals surface area (Å²) < 4.78 is 12.9. The van der Waals surface area contributed by atoms with Crippen LogP contribution in [0.15, 0.2) is 18.2 Å². The molecule has 0 aliphatic heterocycles. The van der Waals surface area contributed by atoms with E-state index in [9.17, 15) is 4.39 Å². The van der Waals surface area contributed by atoms with E-state index in [1.165, 1.54) is 6.07 Å². The highest BCUT2D eigenvalue weighted by Crippen LogP contribution is 2.25. The molecular weight excluding hydrogens is 201 g/mol. The van der Waals surface area contributed by atoms with Crippen LogP contribution >= 0.6 is 11.6 Å². The first kappa shape index (κ1) is 11.5. The van der Waals surface area contributed by atoms with E-state index in [4.69, 9.17) is 17.3 Å². The van der Waals surface area contributed by atoms with Crippen molar-refractivity contribution in [1.82, 2.24) is 0 Å². The molecule has 1 aromatic carbocycles. The largest absolute Gasteiger partial charge is 0.324 e. The summed E-state index contributed by atoms with van der Waals surface area (Å²) in [6, 6.07) is 4.59. The average molecular weight is 216 g/mol. The van der Waals surface area contributed by atoms with Crippen molar-refractivity contribution in [2.45, 2.75) is 26.3 Å². The standard InChI is InChI=1S/C11H15ClFN/c1-3-7(2)11(14)8-4-5-10(13)9(12)6-8/h4-7,11H,3,14H2,1-2H3. The van der Waals surface area contributed by atoms with E-state index < -0.39 is 5.82 Å². The Morgan fingerprint density at radius 1 is 1.50 bits per heavy atom. The third-order valence-corrected chi connectivity index (χ3v) is 2.88. The molecule has 0 amide bonds. The van der Waals surface area contributed by atoms with E-state index in [-0.39, 0.29) is 11.1 Å². The third-order valence-electron chi connectivity index (χ3n) is 2.59. The van der Waals surface area contributed by atoms with Crippen LogP contribution in [0.3, 0.4) is 0 Å². The SMILES string of the molecule is CCC(C)C(N)c1ccc(F)c(Cl)c1. The van der Waals surface area contributed by atoms with E-state index in [1.54, 1.807) is 12.1 Å². The van der Waals surface area contributed by atoms with Gasteiger partial charge in [-0.05, 0) is 23.6 Å². The first-order chi connectivity index (χ1) is 6.56. The van der Waals surface area contributed by atoms with Crippen LogP contribution in [0.5, 0.6) is 0 Å². The van der Waals surface area contributed by atoms with Gasteiger partial charge in [0.2, 0.25) is 0 Å². The highest BCUT2D eigenvalue weighted by atomic mass is 35.5. The van der Waals surface area contributed by atoms with E-state index >= 15 is 0 Å². The van der Waals surface area contributed by atoms with Crippen molar-refractivity contribution in [3.63, 3.8) is 0 Å². The number of benzene rings is 1. The van der Waals surface area contributed by atoms with Crippen molar-refractivity contribution in [1.29, 1.82) is 0 Å². The molecule has 0 aliphatic rings. The van der Waals surface area contributed by atoms with Gasteiger partial charge in [0.25, 0.3) is 0 Å². The third kappa shape index (κ3) is 2.46. The summed E-state index contributed by atoms with van der Waals surface area (Å²) in [5.41, 5.74) is 6.88. The van der Waals surface area contributed by atoms with Crippen LogP contribution in [0.25, 0.3) is 0 Å². The molecule has 0 radical (unpaired) electrons. The lowest BCUT2D eigenvalue weighted by atomic mass is 9.93. The van der Waals surface area contributed by atoms with E-state index in [0.29, 0.717) is 5.92 Å². The fraction of sp³-hybridized carbons (Fsp3) is 0.455. The highest BCUT2D eigenvalue weighted by molar-refractivity contribution is 6.30. The second-order valence-electron chi connectivity index (χ2n) is 3.58. The Bertz CT molecular complexity index is 314. The lowest BCUT2D eigenvalue weighted by Gasteiger charge is -2.18. The normalized spacial score (nSPS) is 15.2. The summed E-state index contributed by atoms with van der Waals surface area (Å²) in [6.45, 7) is 4.15. The number of rotatable bonds is 3. The van der Waals surface area contributed by atoms with Crippen molar-refractivity contribution < 1.29 is 4.39 Å². The summed E-state index contributed by atoms with van der Waals surface area (Å²) in [7, 11) is 0. The highest BCUT2D eigenvalue weighted by Gasteiger charge is 2.14. The Morgan fingerprint density at radius 3 is 2.64 bits per heavy atom. The Labute approximate surface area is 89.1 Å². The molecule has 3 heteroatoms. The fourth-order valence-electron chi connectivity index (χ4n) is 1.30. The maximum atomic E-state index is 12.9. The smallest absolute Gasteiger partial charge is 0.141 e. The topological polar surface area (TPSA) is 26.0 Å². The maximum absolute atomic E-state index is 12.9. The zero-order chi connectivity index (χ0) is 10.7. The Balaban J connectivity index is 2.91. The first-order valence-electron chi connectivity index (χ1n) is 4.76. The zero-order valence-corrected chi connectivity index (χ0v) is 9.18. The van der Waals surface area contributed by atoms with Crippen molar-refractivity contribution in [3.8, 4) is 0 Å². The zero-order valence-electron chi connectivity index (χ0n) is 8.43. The number of halogens is 2. The molecule has 2 unspecified atom stereocenters. The summed E-state index contributed by atoms with van der Waals surface area (Å²) in [6.07, 6.45) is 0.996. The van der Waals surface area contributed by atoms with Crippen molar-refractivity contribution in [3.05, 3.63) is 34.6 Å². The van der Waals surface area contributed by atoms with E-state index in [0.717, 1.165) is 12.0 Å². The molecule has 0 heterocycles. The molecule has 0 spiro atoms. The molecule has 2 atom stereocenters. The van der Waals surface area contributed by atoms with Gasteiger partial charge < -0.3 is 5.73 Å². The van der Waals surface area contributed by atoms with Gasteiger partial charge >= 0.3 is 0 Å². The van der Waals surface area contributed by atoms with E-state index in [1.807, 2.05) is 0 Å². The van der Waals surface area contributed by atoms with Gasteiger partial charge in [-0.1, -0.05) is 37.9 Å². The van der Waals surface area contributed by atoms with Gasteiger partial charge in [0.15, 0.2) is 0 Å². The number of hydrogen-bond acceptors (Lipinski definition) is 1. The summed E-state index contributed by atoms with van der Waals surface area (Å²) in [5, 5.41) is 0.140. The van der Waals surface area contributed by atoms with Gasteiger partial charge in [0.05, 0.1) is 5.02 Å². The minimum absolute atomic E-state index is 0.0712. The monoisotopic (exact) mass is 215 g/mol. The van der Waals surface area contributed by atoms with Crippen LogP contribution in [-0.4, -0.2) is 0 Å². The molecular formula is C11H15ClFN. The molecule has 0 aliphatic carbocycles. The number of hydrogen-bond donors (Lipinski definition) is 1. The minimum Gasteiger partial charge on any atom is -0.324 e. The second kappa shape index (κ2) is 4.76. The van der Waals surface area contributed by atoms with Crippen LogP contribution in [0.1, 0.15) is 31.9 Å². The average Bonchev–Trinajstić information content (AvgIpc) is 2.20. The molecule has 0 saturated heterocycles. The maximum Gasteiger partial charge on any atom is 0.141 e. The minimum atomic E-state index is -0.397. The molecule has 1 aromatic rings. The molecule has 0 aromatic heterocycles. The van der Waals surface area contributed by atoms with Crippen LogP contribution < -0.4 is 5.73 Å². The van der Waals surface area contributed by atoms with Gasteiger partial charge in [-0.3, -0.25) is 0 Å². The van der Waals surface area contributed by atoms with Gasteiger partial charge in [0, 0.05) is 6.04 Å². The van der Waals surface area contributed by atoms with Crippen molar-refractivity contribution in [2.75, 3.05) is 0 Å². The van der Waals surface area contributed by atoms with Crippen LogP contribution in [0.4, 0.5) is 4.39 Å². The summed E-state index contributed by atoms with van der Waals surface area (Å²) in [4.78, 5) is 0. The Kier molecular flexibility index (Phi) is 3.90. The molecule has 1 rings (SSSR count). The second-order valence-corrected chi connectivity index (χ2v) is 3.99. The summed E-state index contributed by atoms with van der Waals surface area (Å²) in [5.74, 6) is -0.0247. The Hall–Kier alpha value is -0.600. The quantitative estimate of drug-likeness (QED) is 0.820. The lowest BCUT2D eigenvalue weighted by Crippen LogP contribution is -2.18.